The van der Waals surface area contributed by atoms with Gasteiger partial charge >= 0.3 is 5.97 Å². The number of para-hydroxylation sites is 1. The molecule has 0 atom stereocenters. The molecule has 0 amide bonds. The van der Waals surface area contributed by atoms with Crippen LogP contribution in [-0.4, -0.2) is 22.5 Å². The molecule has 0 spiro atoms. The van der Waals surface area contributed by atoms with Crippen molar-refractivity contribution in [3.05, 3.63) is 70.9 Å². The van der Waals surface area contributed by atoms with Crippen molar-refractivity contribution >= 4 is 29.1 Å². The van der Waals surface area contributed by atoms with Crippen molar-refractivity contribution in [2.24, 2.45) is 0 Å². The molecule has 0 fully saturated rings. The Morgan fingerprint density at radius 2 is 1.75 bits per heavy atom. The number of nitrogens with one attached hydrogen (secondary N) is 2. The van der Waals surface area contributed by atoms with E-state index in [0.717, 1.165) is 11.4 Å². The predicted molar refractivity (Wildman–Crippen MR) is 112 cm³/mol. The van der Waals surface area contributed by atoms with Crippen LogP contribution in [0.5, 0.6) is 0 Å². The second kappa shape index (κ2) is 8.52. The van der Waals surface area contributed by atoms with E-state index in [0.29, 0.717) is 29.6 Å². The van der Waals surface area contributed by atoms with E-state index in [1.807, 2.05) is 31.2 Å². The molecule has 3 rings (SSSR count). The standard InChI is InChI=1S/C22H24N4O2/c1-5-28-21(27)18-8-6-7-9-19(18)25-20-13-16(4)23-22(26-20)24-17-11-10-14(2)15(3)12-17/h6-13H,5H2,1-4H3,(H2,23,24,25,26). The number of aryl methyl sites for hydroxylation is 3. The van der Waals surface area contributed by atoms with Crippen LogP contribution in [0.4, 0.5) is 23.1 Å². The summed E-state index contributed by atoms with van der Waals surface area (Å²) in [6.45, 7) is 8.15. The lowest BCUT2D eigenvalue weighted by Gasteiger charge is -2.13. The Balaban J connectivity index is 1.86. The Bertz CT molecular complexity index is 1000. The fraction of sp³-hybridized carbons (Fsp3) is 0.227. The summed E-state index contributed by atoms with van der Waals surface area (Å²) in [6.07, 6.45) is 0. The van der Waals surface area contributed by atoms with Crippen LogP contribution in [0.25, 0.3) is 0 Å². The van der Waals surface area contributed by atoms with E-state index < -0.39 is 0 Å². The first kappa shape index (κ1) is 19.4. The van der Waals surface area contributed by atoms with Gasteiger partial charge in [0.15, 0.2) is 0 Å². The highest BCUT2D eigenvalue weighted by Gasteiger charge is 2.13. The predicted octanol–water partition coefficient (Wildman–Crippen LogP) is 5.07. The molecule has 0 aliphatic carbocycles. The minimum Gasteiger partial charge on any atom is -0.462 e. The molecule has 6 nitrogen and oxygen atoms in total. The number of benzene rings is 2. The Kier molecular flexibility index (Phi) is 5.89. The lowest BCUT2D eigenvalue weighted by Crippen LogP contribution is -2.09. The summed E-state index contributed by atoms with van der Waals surface area (Å²) in [5.74, 6) is 0.708. The smallest absolute Gasteiger partial charge is 0.340 e. The average molecular weight is 376 g/mol. The Labute approximate surface area is 165 Å². The van der Waals surface area contributed by atoms with E-state index >= 15 is 0 Å². The van der Waals surface area contributed by atoms with Gasteiger partial charge in [0.2, 0.25) is 5.95 Å². The van der Waals surface area contributed by atoms with Crippen molar-refractivity contribution in [2.45, 2.75) is 27.7 Å². The minimum absolute atomic E-state index is 0.323. The molecule has 0 aliphatic heterocycles. The van der Waals surface area contributed by atoms with Crippen LogP contribution in [0.2, 0.25) is 0 Å². The molecule has 6 heteroatoms. The summed E-state index contributed by atoms with van der Waals surface area (Å²) in [5.41, 5.74) is 5.25. The van der Waals surface area contributed by atoms with Crippen LogP contribution in [0, 0.1) is 20.8 Å². The van der Waals surface area contributed by atoms with Crippen LogP contribution in [0.15, 0.2) is 48.5 Å². The maximum atomic E-state index is 12.2. The number of esters is 1. The number of nitrogens with zero attached hydrogens (tertiary/aromatic N) is 2. The fourth-order valence-corrected chi connectivity index (χ4v) is 2.75. The quantitative estimate of drug-likeness (QED) is 0.585. The molecule has 2 aromatic carbocycles. The summed E-state index contributed by atoms with van der Waals surface area (Å²) in [7, 11) is 0. The van der Waals surface area contributed by atoms with Crippen LogP contribution in [0.3, 0.4) is 0 Å². The molecule has 0 bridgehead atoms. The molecular weight excluding hydrogens is 352 g/mol. The number of aromatic nitrogens is 2. The molecule has 1 aromatic heterocycles. The number of hydrogen-bond donors (Lipinski definition) is 2. The molecule has 0 aliphatic rings. The van der Waals surface area contributed by atoms with Gasteiger partial charge in [-0.05, 0) is 63.1 Å². The normalized spacial score (nSPS) is 10.4. The number of anilines is 4. The van der Waals surface area contributed by atoms with Crippen LogP contribution in [-0.2, 0) is 4.74 Å². The molecule has 28 heavy (non-hydrogen) atoms. The first-order chi connectivity index (χ1) is 13.5. The summed E-state index contributed by atoms with van der Waals surface area (Å²) in [5, 5.41) is 6.45. The van der Waals surface area contributed by atoms with E-state index in [1.54, 1.807) is 19.1 Å². The summed E-state index contributed by atoms with van der Waals surface area (Å²) in [4.78, 5) is 21.2. The minimum atomic E-state index is -0.371. The van der Waals surface area contributed by atoms with Gasteiger partial charge < -0.3 is 15.4 Å². The summed E-state index contributed by atoms with van der Waals surface area (Å²) in [6, 6.07) is 15.1. The second-order valence-corrected chi connectivity index (χ2v) is 6.53. The van der Waals surface area contributed by atoms with E-state index in [1.165, 1.54) is 11.1 Å². The number of carbonyl (C=O) groups is 1. The van der Waals surface area contributed by atoms with Gasteiger partial charge in [-0.25, -0.2) is 9.78 Å². The van der Waals surface area contributed by atoms with Crippen molar-refractivity contribution in [1.82, 2.24) is 9.97 Å². The molecule has 0 radical (unpaired) electrons. The lowest BCUT2D eigenvalue weighted by molar-refractivity contribution is 0.0527. The molecule has 0 unspecified atom stereocenters. The average Bonchev–Trinajstić information content (AvgIpc) is 2.65. The van der Waals surface area contributed by atoms with E-state index in [-0.39, 0.29) is 5.97 Å². The van der Waals surface area contributed by atoms with Crippen LogP contribution in [0.1, 0.15) is 34.1 Å². The molecule has 144 valence electrons. The van der Waals surface area contributed by atoms with Gasteiger partial charge in [0.05, 0.1) is 17.9 Å². The van der Waals surface area contributed by atoms with Crippen molar-refractivity contribution in [3.8, 4) is 0 Å². The maximum absolute atomic E-state index is 12.2. The number of ether oxygens (including phenoxy) is 1. The lowest BCUT2D eigenvalue weighted by atomic mass is 10.1. The van der Waals surface area contributed by atoms with Crippen LogP contribution >= 0.6 is 0 Å². The highest BCUT2D eigenvalue weighted by Crippen LogP contribution is 2.23. The zero-order chi connectivity index (χ0) is 20.1. The highest BCUT2D eigenvalue weighted by atomic mass is 16.5. The molecular formula is C22H24N4O2. The zero-order valence-electron chi connectivity index (χ0n) is 16.5. The second-order valence-electron chi connectivity index (χ2n) is 6.53. The SMILES string of the molecule is CCOC(=O)c1ccccc1Nc1cc(C)nc(Nc2ccc(C)c(C)c2)n1. The van der Waals surface area contributed by atoms with E-state index in [9.17, 15) is 4.79 Å². The molecule has 2 N–H and O–H groups in total. The van der Waals surface area contributed by atoms with Gasteiger partial charge in [0.25, 0.3) is 0 Å². The molecule has 0 saturated heterocycles. The van der Waals surface area contributed by atoms with Crippen molar-refractivity contribution in [2.75, 3.05) is 17.2 Å². The van der Waals surface area contributed by atoms with Crippen molar-refractivity contribution in [1.29, 1.82) is 0 Å². The fourth-order valence-electron chi connectivity index (χ4n) is 2.75. The topological polar surface area (TPSA) is 76.1 Å². The third kappa shape index (κ3) is 4.65. The van der Waals surface area contributed by atoms with Gasteiger partial charge in [0.1, 0.15) is 5.82 Å². The third-order valence-corrected chi connectivity index (χ3v) is 4.30. The van der Waals surface area contributed by atoms with Gasteiger partial charge in [-0.3, -0.25) is 0 Å². The highest BCUT2D eigenvalue weighted by molar-refractivity contribution is 5.96. The first-order valence-electron chi connectivity index (χ1n) is 9.19. The van der Waals surface area contributed by atoms with E-state index in [4.69, 9.17) is 4.74 Å². The summed E-state index contributed by atoms with van der Waals surface area (Å²) >= 11 is 0. The van der Waals surface area contributed by atoms with Crippen LogP contribution < -0.4 is 10.6 Å². The van der Waals surface area contributed by atoms with Gasteiger partial charge in [-0.15, -0.1) is 0 Å². The Hall–Kier alpha value is -3.41. The van der Waals surface area contributed by atoms with Gasteiger partial charge in [-0.1, -0.05) is 18.2 Å². The van der Waals surface area contributed by atoms with Gasteiger partial charge in [0, 0.05) is 17.4 Å². The first-order valence-corrected chi connectivity index (χ1v) is 9.19. The van der Waals surface area contributed by atoms with E-state index in [2.05, 4.69) is 46.6 Å². The maximum Gasteiger partial charge on any atom is 0.340 e. The number of hydrogen-bond acceptors (Lipinski definition) is 6. The number of rotatable bonds is 6. The van der Waals surface area contributed by atoms with Crippen molar-refractivity contribution < 1.29 is 9.53 Å². The van der Waals surface area contributed by atoms with Gasteiger partial charge in [-0.2, -0.15) is 4.98 Å². The summed E-state index contributed by atoms with van der Waals surface area (Å²) < 4.78 is 5.13. The zero-order valence-corrected chi connectivity index (χ0v) is 16.5. The Morgan fingerprint density at radius 3 is 2.50 bits per heavy atom. The number of carbonyl (C=O) groups excluding carboxylic acids is 1. The molecule has 1 heterocycles. The monoisotopic (exact) mass is 376 g/mol. The Morgan fingerprint density at radius 1 is 0.964 bits per heavy atom. The largest absolute Gasteiger partial charge is 0.462 e. The molecule has 0 saturated carbocycles. The third-order valence-electron chi connectivity index (χ3n) is 4.30. The molecule has 3 aromatic rings. The van der Waals surface area contributed by atoms with Crippen molar-refractivity contribution in [3.63, 3.8) is 0 Å².